The van der Waals surface area contributed by atoms with Crippen LogP contribution in [-0.4, -0.2) is 17.3 Å². The topological polar surface area (TPSA) is 37.3 Å². The minimum Gasteiger partial charge on any atom is -0.481 e. The van der Waals surface area contributed by atoms with Crippen LogP contribution in [0.1, 0.15) is 23.5 Å². The summed E-state index contributed by atoms with van der Waals surface area (Å²) in [6, 6.07) is 6.21. The van der Waals surface area contributed by atoms with E-state index in [4.69, 9.17) is 5.11 Å². The van der Waals surface area contributed by atoms with Gasteiger partial charge in [-0.1, -0.05) is 24.3 Å². The molecule has 1 rings (SSSR count). The Labute approximate surface area is 90.7 Å². The molecule has 5 heteroatoms. The Kier molecular flexibility index (Phi) is 3.57. The molecule has 1 atom stereocenters. The van der Waals surface area contributed by atoms with Gasteiger partial charge in [0, 0.05) is 0 Å². The maximum atomic E-state index is 12.2. The molecule has 1 N–H and O–H groups in total. The summed E-state index contributed by atoms with van der Waals surface area (Å²) in [7, 11) is 0. The molecule has 0 amide bonds. The first-order valence-electron chi connectivity index (χ1n) is 4.66. The highest BCUT2D eigenvalue weighted by Gasteiger charge is 2.36. The van der Waals surface area contributed by atoms with E-state index in [0.29, 0.717) is 5.56 Å². The van der Waals surface area contributed by atoms with Crippen molar-refractivity contribution in [1.29, 1.82) is 0 Å². The van der Waals surface area contributed by atoms with E-state index in [2.05, 4.69) is 0 Å². The van der Waals surface area contributed by atoms with Gasteiger partial charge in [-0.3, -0.25) is 4.79 Å². The van der Waals surface area contributed by atoms with Gasteiger partial charge >= 0.3 is 12.1 Å². The summed E-state index contributed by atoms with van der Waals surface area (Å²) in [6.07, 6.45) is -5.82. The molecule has 1 aromatic rings. The van der Waals surface area contributed by atoms with Crippen molar-refractivity contribution in [1.82, 2.24) is 0 Å². The summed E-state index contributed by atoms with van der Waals surface area (Å²) in [4.78, 5) is 10.8. The number of hydrogen-bond donors (Lipinski definition) is 1. The monoisotopic (exact) mass is 232 g/mol. The lowest BCUT2D eigenvalue weighted by Crippen LogP contribution is -2.21. The molecule has 0 saturated carbocycles. The van der Waals surface area contributed by atoms with E-state index in [0.717, 1.165) is 0 Å². The first-order valence-corrected chi connectivity index (χ1v) is 4.66. The summed E-state index contributed by atoms with van der Waals surface area (Å²) < 4.78 is 36.7. The Balaban J connectivity index is 3.04. The van der Waals surface area contributed by atoms with Gasteiger partial charge in [-0.2, -0.15) is 13.2 Å². The molecule has 2 nitrogen and oxygen atoms in total. The van der Waals surface area contributed by atoms with E-state index < -0.39 is 24.5 Å². The van der Waals surface area contributed by atoms with Crippen LogP contribution < -0.4 is 0 Å². The second-order valence-electron chi connectivity index (χ2n) is 3.57. The van der Waals surface area contributed by atoms with Crippen LogP contribution in [0.15, 0.2) is 24.3 Å². The van der Waals surface area contributed by atoms with Crippen molar-refractivity contribution in [2.24, 2.45) is 0 Å². The highest BCUT2D eigenvalue weighted by atomic mass is 19.4. The van der Waals surface area contributed by atoms with Crippen molar-refractivity contribution >= 4 is 5.97 Å². The second-order valence-corrected chi connectivity index (χ2v) is 3.57. The summed E-state index contributed by atoms with van der Waals surface area (Å²) >= 11 is 0. The Hall–Kier alpha value is -1.52. The van der Waals surface area contributed by atoms with Gasteiger partial charge < -0.3 is 5.11 Å². The molecule has 0 aromatic heterocycles. The van der Waals surface area contributed by atoms with Crippen LogP contribution in [0.4, 0.5) is 13.2 Å². The van der Waals surface area contributed by atoms with E-state index in [1.165, 1.54) is 12.1 Å². The number of hydrogen-bond acceptors (Lipinski definition) is 1. The smallest absolute Gasteiger partial charge is 0.390 e. The van der Waals surface area contributed by atoms with Gasteiger partial charge in [-0.05, 0) is 18.1 Å². The molecule has 0 unspecified atom stereocenters. The van der Waals surface area contributed by atoms with Gasteiger partial charge in [0.05, 0.1) is 12.3 Å². The van der Waals surface area contributed by atoms with Crippen LogP contribution >= 0.6 is 0 Å². The van der Waals surface area contributed by atoms with Crippen molar-refractivity contribution < 1.29 is 23.1 Å². The van der Waals surface area contributed by atoms with Crippen LogP contribution in [-0.2, 0) is 4.79 Å². The Morgan fingerprint density at radius 2 is 1.94 bits per heavy atom. The molecule has 0 spiro atoms. The Bertz CT molecular complexity index is 385. The Morgan fingerprint density at radius 3 is 2.38 bits per heavy atom. The van der Waals surface area contributed by atoms with E-state index in [9.17, 15) is 18.0 Å². The number of aliphatic carboxylic acids is 1. The molecule has 0 fully saturated rings. The van der Waals surface area contributed by atoms with Gasteiger partial charge in [-0.15, -0.1) is 0 Å². The molecule has 0 aliphatic rings. The molecule has 0 saturated heterocycles. The standard InChI is InChI=1S/C11H11F3O2/c1-7-4-2-3-5-8(7)9(10(15)16)6-11(12,13)14/h2-5,9H,6H2,1H3,(H,15,16)/t9-/m0/s1. The minimum atomic E-state index is -4.48. The van der Waals surface area contributed by atoms with E-state index in [1.807, 2.05) is 0 Å². The van der Waals surface area contributed by atoms with Crippen molar-refractivity contribution in [2.75, 3.05) is 0 Å². The van der Waals surface area contributed by atoms with Gasteiger partial charge in [0.25, 0.3) is 0 Å². The van der Waals surface area contributed by atoms with Crippen LogP contribution in [0.5, 0.6) is 0 Å². The zero-order valence-electron chi connectivity index (χ0n) is 8.58. The van der Waals surface area contributed by atoms with E-state index in [1.54, 1.807) is 19.1 Å². The average Bonchev–Trinajstić information content (AvgIpc) is 2.13. The number of rotatable bonds is 3. The molecule has 0 heterocycles. The van der Waals surface area contributed by atoms with Crippen molar-refractivity contribution in [3.05, 3.63) is 35.4 Å². The zero-order chi connectivity index (χ0) is 12.3. The lowest BCUT2D eigenvalue weighted by Gasteiger charge is -2.16. The summed E-state index contributed by atoms with van der Waals surface area (Å²) in [5.74, 6) is -2.98. The SMILES string of the molecule is Cc1ccccc1[C@H](CC(F)(F)F)C(=O)O. The van der Waals surface area contributed by atoms with Gasteiger partial charge in [0.1, 0.15) is 0 Å². The third kappa shape index (κ3) is 3.25. The predicted molar refractivity (Wildman–Crippen MR) is 52.2 cm³/mol. The minimum absolute atomic E-state index is 0.215. The number of aryl methyl sites for hydroxylation is 1. The number of halogens is 3. The normalized spacial score (nSPS) is 13.5. The fourth-order valence-electron chi connectivity index (χ4n) is 1.54. The van der Waals surface area contributed by atoms with Crippen LogP contribution in [0.3, 0.4) is 0 Å². The van der Waals surface area contributed by atoms with E-state index in [-0.39, 0.29) is 5.56 Å². The molecule has 0 bridgehead atoms. The van der Waals surface area contributed by atoms with Crippen LogP contribution in [0, 0.1) is 6.92 Å². The molecular formula is C11H11F3O2. The molecular weight excluding hydrogens is 221 g/mol. The highest BCUT2D eigenvalue weighted by molar-refractivity contribution is 5.76. The number of alkyl halides is 3. The van der Waals surface area contributed by atoms with E-state index >= 15 is 0 Å². The third-order valence-corrected chi connectivity index (χ3v) is 2.30. The van der Waals surface area contributed by atoms with Crippen molar-refractivity contribution in [2.45, 2.75) is 25.4 Å². The largest absolute Gasteiger partial charge is 0.481 e. The molecule has 88 valence electrons. The number of carboxylic acids is 1. The molecule has 16 heavy (non-hydrogen) atoms. The summed E-state index contributed by atoms with van der Waals surface area (Å²) in [5, 5.41) is 8.81. The van der Waals surface area contributed by atoms with Gasteiger partial charge in [-0.25, -0.2) is 0 Å². The quantitative estimate of drug-likeness (QED) is 0.869. The number of carboxylic acid groups (broad SMARTS) is 1. The number of carbonyl (C=O) groups is 1. The fraction of sp³-hybridized carbons (Fsp3) is 0.364. The van der Waals surface area contributed by atoms with Crippen molar-refractivity contribution in [3.63, 3.8) is 0 Å². The maximum Gasteiger partial charge on any atom is 0.390 e. The highest BCUT2D eigenvalue weighted by Crippen LogP contribution is 2.32. The lowest BCUT2D eigenvalue weighted by molar-refractivity contribution is -0.157. The molecule has 0 radical (unpaired) electrons. The summed E-state index contributed by atoms with van der Waals surface area (Å²) in [6.45, 7) is 1.60. The van der Waals surface area contributed by atoms with Gasteiger partial charge in [0.15, 0.2) is 0 Å². The van der Waals surface area contributed by atoms with Gasteiger partial charge in [0.2, 0.25) is 0 Å². The van der Waals surface area contributed by atoms with Crippen LogP contribution in [0.25, 0.3) is 0 Å². The average molecular weight is 232 g/mol. The second kappa shape index (κ2) is 4.55. The third-order valence-electron chi connectivity index (χ3n) is 2.30. The zero-order valence-corrected chi connectivity index (χ0v) is 8.58. The first-order chi connectivity index (χ1) is 7.31. The molecule has 0 aliphatic heterocycles. The number of benzene rings is 1. The first kappa shape index (κ1) is 12.5. The summed E-state index contributed by atoms with van der Waals surface area (Å²) in [5.41, 5.74) is 0.770. The van der Waals surface area contributed by atoms with Crippen molar-refractivity contribution in [3.8, 4) is 0 Å². The maximum absolute atomic E-state index is 12.2. The predicted octanol–water partition coefficient (Wildman–Crippen LogP) is 3.12. The van der Waals surface area contributed by atoms with Crippen LogP contribution in [0.2, 0.25) is 0 Å². The molecule has 0 aliphatic carbocycles. The molecule has 1 aromatic carbocycles. The fourth-order valence-corrected chi connectivity index (χ4v) is 1.54. The lowest BCUT2D eigenvalue weighted by atomic mass is 9.92. The Morgan fingerprint density at radius 1 is 1.38 bits per heavy atom.